The number of carbonyl (C=O) groups is 1. The van der Waals surface area contributed by atoms with Gasteiger partial charge in [-0.15, -0.1) is 0 Å². The van der Waals surface area contributed by atoms with Crippen molar-refractivity contribution in [2.75, 3.05) is 12.4 Å². The number of benzene rings is 1. The predicted octanol–water partition coefficient (Wildman–Crippen LogP) is 3.08. The molecule has 0 unspecified atom stereocenters. The first-order valence-electron chi connectivity index (χ1n) is 5.17. The van der Waals surface area contributed by atoms with Crippen molar-refractivity contribution in [3.8, 4) is 0 Å². The summed E-state index contributed by atoms with van der Waals surface area (Å²) in [6.07, 6.45) is -0.296. The van der Waals surface area contributed by atoms with Crippen molar-refractivity contribution in [3.05, 3.63) is 30.3 Å². The van der Waals surface area contributed by atoms with Crippen molar-refractivity contribution < 1.29 is 14.3 Å². The fraction of sp³-hybridized carbons (Fsp3) is 0.417. The fourth-order valence-electron chi connectivity index (χ4n) is 1.26. The number of thioether (sulfide) groups is 1. The van der Waals surface area contributed by atoms with Gasteiger partial charge in [0.1, 0.15) is 16.9 Å². The Bertz CT molecular complexity index is 345. The maximum absolute atomic E-state index is 11.2. The summed E-state index contributed by atoms with van der Waals surface area (Å²) in [5, 5.41) is 0.198. The topological polar surface area (TPSA) is 35.5 Å². The highest BCUT2D eigenvalue weighted by molar-refractivity contribution is 9.09. The molecule has 0 saturated heterocycles. The molecule has 0 aliphatic carbocycles. The van der Waals surface area contributed by atoms with Gasteiger partial charge in [-0.05, 0) is 19.1 Å². The van der Waals surface area contributed by atoms with E-state index in [1.165, 1.54) is 11.8 Å². The molecule has 0 aliphatic rings. The van der Waals surface area contributed by atoms with Crippen LogP contribution in [-0.4, -0.2) is 29.9 Å². The summed E-state index contributed by atoms with van der Waals surface area (Å²) in [5.41, 5.74) is -0.208. The van der Waals surface area contributed by atoms with Gasteiger partial charge < -0.3 is 9.47 Å². The molecule has 5 heteroatoms. The van der Waals surface area contributed by atoms with Crippen molar-refractivity contribution in [1.82, 2.24) is 0 Å². The summed E-state index contributed by atoms with van der Waals surface area (Å²) >= 11 is 4.59. The number of esters is 1. The number of ether oxygens (including phenoxy) is 2. The largest absolute Gasteiger partial charge is 0.458 e. The first kappa shape index (κ1) is 14.5. The number of hydrogen-bond donors (Lipinski definition) is 0. The third kappa shape index (κ3) is 5.10. The van der Waals surface area contributed by atoms with Crippen LogP contribution in [0.1, 0.15) is 6.92 Å². The molecule has 1 aromatic carbocycles. The van der Waals surface area contributed by atoms with Crippen LogP contribution in [0.4, 0.5) is 0 Å². The van der Waals surface area contributed by atoms with Crippen molar-refractivity contribution in [2.45, 2.75) is 23.4 Å². The van der Waals surface area contributed by atoms with E-state index in [1.54, 1.807) is 7.11 Å². The van der Waals surface area contributed by atoms with Crippen LogP contribution in [-0.2, 0) is 14.3 Å². The molecule has 1 aromatic rings. The van der Waals surface area contributed by atoms with E-state index in [0.717, 1.165) is 4.90 Å². The number of carbonyl (C=O) groups excluding carboxylic acids is 1. The normalized spacial score (nSPS) is 14.1. The minimum absolute atomic E-state index is 0.198. The molecule has 94 valence electrons. The average Bonchev–Trinajstić information content (AvgIpc) is 2.36. The Hall–Kier alpha value is -0.520. The SMILES string of the molecule is CO[C@@H](Sc1ccccc1)[C@H](C)OC(=O)CBr. The van der Waals surface area contributed by atoms with E-state index in [9.17, 15) is 4.79 Å². The van der Waals surface area contributed by atoms with Crippen LogP contribution in [0.3, 0.4) is 0 Å². The summed E-state index contributed by atoms with van der Waals surface area (Å²) in [6.45, 7) is 1.82. The quantitative estimate of drug-likeness (QED) is 0.349. The Kier molecular flexibility index (Phi) is 6.62. The van der Waals surface area contributed by atoms with Crippen molar-refractivity contribution in [2.24, 2.45) is 0 Å². The zero-order chi connectivity index (χ0) is 12.7. The predicted molar refractivity (Wildman–Crippen MR) is 72.4 cm³/mol. The van der Waals surface area contributed by atoms with Crippen LogP contribution in [0.2, 0.25) is 0 Å². The van der Waals surface area contributed by atoms with Crippen LogP contribution in [0.15, 0.2) is 35.2 Å². The molecule has 0 amide bonds. The molecule has 0 spiro atoms. The highest BCUT2D eigenvalue weighted by atomic mass is 79.9. The first-order chi connectivity index (χ1) is 8.17. The zero-order valence-corrected chi connectivity index (χ0v) is 12.2. The van der Waals surface area contributed by atoms with Gasteiger partial charge in [-0.3, -0.25) is 4.79 Å². The highest BCUT2D eigenvalue weighted by Crippen LogP contribution is 2.26. The van der Waals surface area contributed by atoms with Crippen molar-refractivity contribution >= 4 is 33.7 Å². The molecule has 1 rings (SSSR count). The summed E-state index contributed by atoms with van der Waals surface area (Å²) in [4.78, 5) is 12.2. The van der Waals surface area contributed by atoms with Gasteiger partial charge in [0.15, 0.2) is 0 Å². The molecule has 17 heavy (non-hydrogen) atoms. The Morgan fingerprint density at radius 3 is 2.59 bits per heavy atom. The second-order valence-electron chi connectivity index (χ2n) is 3.36. The van der Waals surface area contributed by atoms with Crippen LogP contribution >= 0.6 is 27.7 Å². The summed E-state index contributed by atoms with van der Waals surface area (Å²) in [5.74, 6) is -0.284. The van der Waals surface area contributed by atoms with Gasteiger partial charge in [0.05, 0.1) is 0 Å². The van der Waals surface area contributed by atoms with Gasteiger partial charge in [-0.1, -0.05) is 45.9 Å². The molecule has 3 nitrogen and oxygen atoms in total. The molecule has 0 aromatic heterocycles. The molecule has 0 fully saturated rings. The van der Waals surface area contributed by atoms with Gasteiger partial charge in [0, 0.05) is 12.0 Å². The fourth-order valence-corrected chi connectivity index (χ4v) is 2.32. The van der Waals surface area contributed by atoms with Crippen LogP contribution in [0.25, 0.3) is 0 Å². The van der Waals surface area contributed by atoms with E-state index >= 15 is 0 Å². The second-order valence-corrected chi connectivity index (χ2v) is 5.10. The first-order valence-corrected chi connectivity index (χ1v) is 7.17. The standard InChI is InChI=1S/C12H15BrO3S/c1-9(16-11(14)8-13)12(15-2)17-10-6-4-3-5-7-10/h3-7,9,12H,8H2,1-2H3/t9-,12-/m0/s1. The highest BCUT2D eigenvalue weighted by Gasteiger charge is 2.21. The van der Waals surface area contributed by atoms with E-state index in [2.05, 4.69) is 15.9 Å². The Balaban J connectivity index is 2.56. The summed E-state index contributed by atoms with van der Waals surface area (Å²) in [6, 6.07) is 9.88. The lowest BCUT2D eigenvalue weighted by molar-refractivity contribution is -0.148. The Morgan fingerprint density at radius 1 is 1.41 bits per heavy atom. The molecule has 0 saturated carbocycles. The number of alkyl halides is 1. The minimum atomic E-state index is -0.296. The summed E-state index contributed by atoms with van der Waals surface area (Å²) in [7, 11) is 1.61. The van der Waals surface area contributed by atoms with Crippen molar-refractivity contribution in [1.29, 1.82) is 0 Å². The Labute approximate surface area is 114 Å². The lowest BCUT2D eigenvalue weighted by Crippen LogP contribution is -2.28. The number of hydrogen-bond acceptors (Lipinski definition) is 4. The molecular formula is C12H15BrO3S. The smallest absolute Gasteiger partial charge is 0.316 e. The maximum Gasteiger partial charge on any atom is 0.316 e. The van der Waals surface area contributed by atoms with E-state index in [0.29, 0.717) is 0 Å². The third-order valence-corrected chi connectivity index (χ3v) is 3.85. The lowest BCUT2D eigenvalue weighted by atomic mass is 10.4. The van der Waals surface area contributed by atoms with Crippen LogP contribution in [0, 0.1) is 0 Å². The Morgan fingerprint density at radius 2 is 2.06 bits per heavy atom. The van der Waals surface area contributed by atoms with E-state index in [-0.39, 0.29) is 22.8 Å². The minimum Gasteiger partial charge on any atom is -0.458 e. The van der Waals surface area contributed by atoms with Crippen molar-refractivity contribution in [3.63, 3.8) is 0 Å². The van der Waals surface area contributed by atoms with E-state index in [4.69, 9.17) is 9.47 Å². The zero-order valence-electron chi connectivity index (χ0n) is 9.76. The van der Waals surface area contributed by atoms with Gasteiger partial charge in [-0.25, -0.2) is 0 Å². The molecule has 2 atom stereocenters. The van der Waals surface area contributed by atoms with E-state index < -0.39 is 0 Å². The molecule has 0 bridgehead atoms. The number of halogens is 1. The molecule has 0 heterocycles. The van der Waals surface area contributed by atoms with Crippen LogP contribution in [0.5, 0.6) is 0 Å². The molecule has 0 N–H and O–H groups in total. The van der Waals surface area contributed by atoms with Gasteiger partial charge >= 0.3 is 5.97 Å². The van der Waals surface area contributed by atoms with Gasteiger partial charge in [0.2, 0.25) is 0 Å². The lowest BCUT2D eigenvalue weighted by Gasteiger charge is -2.21. The molecular weight excluding hydrogens is 304 g/mol. The average molecular weight is 319 g/mol. The number of methoxy groups -OCH3 is 1. The van der Waals surface area contributed by atoms with Crippen LogP contribution < -0.4 is 0 Å². The maximum atomic E-state index is 11.2. The second kappa shape index (κ2) is 7.74. The van der Waals surface area contributed by atoms with E-state index in [1.807, 2.05) is 37.3 Å². The third-order valence-electron chi connectivity index (χ3n) is 2.04. The number of rotatable bonds is 6. The molecule has 0 radical (unpaired) electrons. The van der Waals surface area contributed by atoms with Gasteiger partial charge in [-0.2, -0.15) is 0 Å². The monoisotopic (exact) mass is 318 g/mol. The van der Waals surface area contributed by atoms with Gasteiger partial charge in [0.25, 0.3) is 0 Å². The summed E-state index contributed by atoms with van der Waals surface area (Å²) < 4.78 is 10.5. The molecule has 0 aliphatic heterocycles.